The quantitative estimate of drug-likeness (QED) is 0.0852. The highest BCUT2D eigenvalue weighted by atomic mass is 32.2. The monoisotopic (exact) mass is 626 g/mol. The van der Waals surface area contributed by atoms with E-state index >= 15 is 0 Å². The predicted molar refractivity (Wildman–Crippen MR) is 173 cm³/mol. The molecule has 0 aromatic carbocycles. The zero-order valence-corrected chi connectivity index (χ0v) is 27.8. The van der Waals surface area contributed by atoms with Crippen LogP contribution < -0.4 is 0 Å². The Morgan fingerprint density at radius 3 is 1.61 bits per heavy atom. The van der Waals surface area contributed by atoms with Gasteiger partial charge in [-0.3, -0.25) is 14.4 Å². The SMILES string of the molecule is CCCCSC1CC2CCC1CC2C(=O)OCC(CC)(COC(=O)C1CC2C=CC1CC2)COC(=O)C1CC2C=CC1CC2. The van der Waals surface area contributed by atoms with Crippen molar-refractivity contribution in [3.05, 3.63) is 24.3 Å². The zero-order valence-electron chi connectivity index (χ0n) is 27.0. The molecule has 0 spiro atoms. The molecule has 5 fully saturated rings. The lowest BCUT2D eigenvalue weighted by molar-refractivity contribution is -0.171. The maximum absolute atomic E-state index is 13.6. The van der Waals surface area contributed by atoms with E-state index in [4.69, 9.17) is 14.2 Å². The first kappa shape index (κ1) is 32.2. The van der Waals surface area contributed by atoms with Gasteiger partial charge in [-0.15, -0.1) is 0 Å². The number of fused-ring (bicyclic) bond motifs is 7. The number of rotatable bonds is 14. The number of thioether (sulfide) groups is 1. The molecular formula is C37H54O6S. The van der Waals surface area contributed by atoms with Crippen molar-refractivity contribution in [3.8, 4) is 0 Å². The molecule has 5 saturated carbocycles. The molecule has 0 saturated heterocycles. The highest BCUT2D eigenvalue weighted by Gasteiger charge is 2.47. The van der Waals surface area contributed by atoms with Crippen LogP contribution in [0.1, 0.15) is 97.3 Å². The molecule has 44 heavy (non-hydrogen) atoms. The number of hydrogen-bond acceptors (Lipinski definition) is 7. The van der Waals surface area contributed by atoms with Gasteiger partial charge in [-0.2, -0.15) is 11.8 Å². The molecule has 10 atom stereocenters. The smallest absolute Gasteiger partial charge is 0.309 e. The van der Waals surface area contributed by atoms with Gasteiger partial charge in [-0.25, -0.2) is 0 Å². The van der Waals surface area contributed by atoms with Crippen molar-refractivity contribution in [2.75, 3.05) is 25.6 Å². The van der Waals surface area contributed by atoms with E-state index in [0.717, 1.165) is 57.8 Å². The third-order valence-corrected chi connectivity index (χ3v) is 13.8. The Morgan fingerprint density at radius 2 is 1.20 bits per heavy atom. The fourth-order valence-corrected chi connectivity index (χ4v) is 10.7. The number of unbranched alkanes of at least 4 members (excludes halogenated alkanes) is 1. The molecule has 10 unspecified atom stereocenters. The van der Waals surface area contributed by atoms with Crippen LogP contribution >= 0.6 is 11.8 Å². The number of hydrogen-bond donors (Lipinski definition) is 0. The summed E-state index contributed by atoms with van der Waals surface area (Å²) in [6, 6.07) is 0. The van der Waals surface area contributed by atoms with Gasteiger partial charge < -0.3 is 14.2 Å². The third-order valence-electron chi connectivity index (χ3n) is 12.3. The van der Waals surface area contributed by atoms with E-state index in [0.29, 0.717) is 35.3 Å². The second-order valence-corrected chi connectivity index (χ2v) is 16.4. The van der Waals surface area contributed by atoms with Crippen molar-refractivity contribution in [2.45, 2.75) is 103 Å². The molecule has 244 valence electrons. The Balaban J connectivity index is 1.08. The molecule has 0 N–H and O–H groups in total. The largest absolute Gasteiger partial charge is 0.465 e. The van der Waals surface area contributed by atoms with Crippen LogP contribution in [0.15, 0.2) is 24.3 Å². The summed E-state index contributed by atoms with van der Waals surface area (Å²) in [5.41, 5.74) is -0.750. The molecule has 9 aliphatic carbocycles. The lowest BCUT2D eigenvalue weighted by Gasteiger charge is -2.46. The molecule has 0 heterocycles. The summed E-state index contributed by atoms with van der Waals surface area (Å²) in [5.74, 6) is 2.93. The van der Waals surface area contributed by atoms with Crippen molar-refractivity contribution >= 4 is 29.7 Å². The highest BCUT2D eigenvalue weighted by molar-refractivity contribution is 7.99. The van der Waals surface area contributed by atoms with Gasteiger partial charge in [0.25, 0.3) is 0 Å². The average molecular weight is 627 g/mol. The van der Waals surface area contributed by atoms with Crippen LogP contribution in [0, 0.1) is 58.7 Å². The summed E-state index contributed by atoms with van der Waals surface area (Å²) in [6.07, 6.45) is 22.4. The molecule has 0 aromatic rings. The Labute approximate surface area is 268 Å². The highest BCUT2D eigenvalue weighted by Crippen LogP contribution is 2.50. The second kappa shape index (κ2) is 14.3. The number of ether oxygens (including phenoxy) is 3. The van der Waals surface area contributed by atoms with E-state index in [9.17, 15) is 14.4 Å². The minimum Gasteiger partial charge on any atom is -0.465 e. The number of carbonyl (C=O) groups excluding carboxylic acids is 3. The van der Waals surface area contributed by atoms with Crippen LogP contribution in [0.25, 0.3) is 0 Å². The fourth-order valence-electron chi connectivity index (χ4n) is 9.08. The maximum atomic E-state index is 13.6. The molecule has 0 aromatic heterocycles. The van der Waals surface area contributed by atoms with Crippen LogP contribution in [0.4, 0.5) is 0 Å². The lowest BCUT2D eigenvalue weighted by atomic mass is 9.64. The Kier molecular flexibility index (Phi) is 10.5. The van der Waals surface area contributed by atoms with Gasteiger partial charge in [0.15, 0.2) is 0 Å². The Bertz CT molecular complexity index is 1050. The fraction of sp³-hybridized carbons (Fsp3) is 0.811. The third kappa shape index (κ3) is 7.13. The topological polar surface area (TPSA) is 78.9 Å². The summed E-state index contributed by atoms with van der Waals surface area (Å²) in [4.78, 5) is 40.3. The van der Waals surface area contributed by atoms with Crippen LogP contribution in [-0.4, -0.2) is 48.7 Å². The van der Waals surface area contributed by atoms with Crippen LogP contribution in [-0.2, 0) is 28.6 Å². The first-order valence-corrected chi connectivity index (χ1v) is 18.9. The summed E-state index contributed by atoms with van der Waals surface area (Å²) >= 11 is 2.11. The average Bonchev–Trinajstić information content (AvgIpc) is 3.09. The van der Waals surface area contributed by atoms with E-state index < -0.39 is 5.41 Å². The normalized spacial score (nSPS) is 37.9. The zero-order chi connectivity index (χ0) is 30.7. The molecule has 7 heteroatoms. The van der Waals surface area contributed by atoms with Crippen LogP contribution in [0.5, 0.6) is 0 Å². The Morgan fingerprint density at radius 1 is 0.659 bits per heavy atom. The summed E-state index contributed by atoms with van der Waals surface area (Å²) in [7, 11) is 0. The molecule has 0 radical (unpaired) electrons. The molecule has 0 aliphatic heterocycles. The summed E-state index contributed by atoms with van der Waals surface area (Å²) in [5, 5.41) is 0.674. The summed E-state index contributed by atoms with van der Waals surface area (Å²) < 4.78 is 18.2. The van der Waals surface area contributed by atoms with Gasteiger partial charge in [-0.1, -0.05) is 44.6 Å². The van der Waals surface area contributed by atoms with Crippen molar-refractivity contribution in [3.63, 3.8) is 0 Å². The second-order valence-electron chi connectivity index (χ2n) is 15.1. The maximum Gasteiger partial charge on any atom is 0.309 e. The van der Waals surface area contributed by atoms with Gasteiger partial charge in [0.1, 0.15) is 19.8 Å². The number of esters is 3. The minimum absolute atomic E-state index is 0.0504. The molecule has 6 bridgehead atoms. The van der Waals surface area contributed by atoms with E-state index in [1.165, 1.54) is 25.0 Å². The molecular weight excluding hydrogens is 572 g/mol. The predicted octanol–water partition coefficient (Wildman–Crippen LogP) is 7.56. The van der Waals surface area contributed by atoms with Crippen molar-refractivity contribution in [1.29, 1.82) is 0 Å². The first-order chi connectivity index (χ1) is 21.4. The van der Waals surface area contributed by atoms with E-state index in [-0.39, 0.29) is 67.3 Å². The van der Waals surface area contributed by atoms with Crippen molar-refractivity contribution in [1.82, 2.24) is 0 Å². The molecule has 9 rings (SSSR count). The number of carbonyl (C=O) groups is 3. The van der Waals surface area contributed by atoms with Crippen molar-refractivity contribution in [2.24, 2.45) is 58.7 Å². The molecule has 0 amide bonds. The van der Waals surface area contributed by atoms with Crippen molar-refractivity contribution < 1.29 is 28.6 Å². The van der Waals surface area contributed by atoms with Gasteiger partial charge in [0, 0.05) is 5.25 Å². The van der Waals surface area contributed by atoms with Crippen LogP contribution in [0.3, 0.4) is 0 Å². The minimum atomic E-state index is -0.750. The van der Waals surface area contributed by atoms with Gasteiger partial charge >= 0.3 is 17.9 Å². The first-order valence-electron chi connectivity index (χ1n) is 17.9. The summed E-state index contributed by atoms with van der Waals surface area (Å²) in [6.45, 7) is 4.57. The van der Waals surface area contributed by atoms with E-state index in [1.807, 2.05) is 6.92 Å². The number of allylic oxidation sites excluding steroid dienone is 4. The van der Waals surface area contributed by atoms with Gasteiger partial charge in [0.2, 0.25) is 0 Å². The molecule has 6 nitrogen and oxygen atoms in total. The van der Waals surface area contributed by atoms with E-state index in [2.05, 4.69) is 43.0 Å². The van der Waals surface area contributed by atoms with E-state index in [1.54, 1.807) is 0 Å². The van der Waals surface area contributed by atoms with Gasteiger partial charge in [-0.05, 0) is 118 Å². The molecule has 9 aliphatic rings. The van der Waals surface area contributed by atoms with Crippen LogP contribution in [0.2, 0.25) is 0 Å². The lowest BCUT2D eigenvalue weighted by Crippen LogP contribution is -2.45. The van der Waals surface area contributed by atoms with Gasteiger partial charge in [0.05, 0.1) is 23.2 Å². The Hall–Kier alpha value is -1.76. The standard InChI is InChI=1S/C37H54O6S/c1-3-5-16-44-33-20-28-14-15-29(33)19-32(28)36(40)43-23-37(4-2,21-41-34(38)30-17-24-6-10-26(30)11-7-24)22-42-35(39)31-18-25-8-12-27(31)13-9-25/h6,8,10,12,24-33H,3-5,7,9,11,13-23H2,1-2H3.